The van der Waals surface area contributed by atoms with E-state index < -0.39 is 0 Å². The fourth-order valence-electron chi connectivity index (χ4n) is 2.51. The smallest absolute Gasteiger partial charge is 0.163 e. The molecule has 2 aromatic rings. The highest BCUT2D eigenvalue weighted by Gasteiger charge is 2.30. The van der Waals surface area contributed by atoms with Crippen LogP contribution < -0.4 is 5.32 Å². The van der Waals surface area contributed by atoms with E-state index in [4.69, 9.17) is 5.26 Å². The highest BCUT2D eigenvalue weighted by molar-refractivity contribution is 5.39. The summed E-state index contributed by atoms with van der Waals surface area (Å²) in [6.07, 6.45) is 0.962. The number of aromatic nitrogens is 2. The van der Waals surface area contributed by atoms with Crippen molar-refractivity contribution in [3.63, 3.8) is 0 Å². The lowest BCUT2D eigenvalue weighted by molar-refractivity contribution is 0.422. The SMILES string of the molecule is CCC(Nc1ccc(C#N)nn1)C(C)(C)c1ccccc1. The summed E-state index contributed by atoms with van der Waals surface area (Å²) in [6.45, 7) is 6.60. The summed E-state index contributed by atoms with van der Waals surface area (Å²) in [5.74, 6) is 0.699. The molecule has 0 saturated heterocycles. The molecule has 1 aromatic carbocycles. The van der Waals surface area contributed by atoms with Crippen LogP contribution in [-0.2, 0) is 5.41 Å². The van der Waals surface area contributed by atoms with Gasteiger partial charge in [0.15, 0.2) is 5.69 Å². The zero-order chi connectivity index (χ0) is 15.3. The van der Waals surface area contributed by atoms with Crippen LogP contribution in [0.25, 0.3) is 0 Å². The van der Waals surface area contributed by atoms with Crippen LogP contribution in [0.15, 0.2) is 42.5 Å². The molecule has 108 valence electrons. The number of hydrogen-bond donors (Lipinski definition) is 1. The van der Waals surface area contributed by atoms with Crippen LogP contribution in [-0.4, -0.2) is 16.2 Å². The Bertz CT molecular complexity index is 611. The molecule has 0 amide bonds. The number of anilines is 1. The lowest BCUT2D eigenvalue weighted by Crippen LogP contribution is -2.39. The summed E-state index contributed by atoms with van der Waals surface area (Å²) in [7, 11) is 0. The van der Waals surface area contributed by atoms with E-state index in [1.54, 1.807) is 12.1 Å². The Kier molecular flexibility index (Phi) is 4.54. The second kappa shape index (κ2) is 6.36. The topological polar surface area (TPSA) is 61.6 Å². The van der Waals surface area contributed by atoms with Gasteiger partial charge in [0.05, 0.1) is 0 Å². The fourth-order valence-corrected chi connectivity index (χ4v) is 2.51. The molecule has 2 rings (SSSR count). The van der Waals surface area contributed by atoms with Gasteiger partial charge < -0.3 is 5.32 Å². The molecule has 1 N–H and O–H groups in total. The van der Waals surface area contributed by atoms with Crippen LogP contribution in [0.4, 0.5) is 5.82 Å². The van der Waals surface area contributed by atoms with Crippen LogP contribution in [0.1, 0.15) is 38.4 Å². The minimum atomic E-state index is -0.0361. The van der Waals surface area contributed by atoms with Gasteiger partial charge in [0.1, 0.15) is 11.9 Å². The minimum Gasteiger partial charge on any atom is -0.365 e. The molecule has 21 heavy (non-hydrogen) atoms. The third-order valence-electron chi connectivity index (χ3n) is 3.90. The highest BCUT2D eigenvalue weighted by Crippen LogP contribution is 2.30. The predicted octanol–water partition coefficient (Wildman–Crippen LogP) is 3.52. The molecular formula is C17H20N4. The molecular weight excluding hydrogens is 260 g/mol. The summed E-state index contributed by atoms with van der Waals surface area (Å²) >= 11 is 0. The van der Waals surface area contributed by atoms with Gasteiger partial charge in [-0.3, -0.25) is 0 Å². The standard InChI is InChI=1S/C17H20N4/c1-4-15(17(2,3)13-8-6-5-7-9-13)19-16-11-10-14(12-18)20-21-16/h5-11,15H,4H2,1-3H3,(H,19,21). The molecule has 0 bridgehead atoms. The minimum absolute atomic E-state index is 0.0361. The molecule has 0 spiro atoms. The zero-order valence-electron chi connectivity index (χ0n) is 12.7. The molecule has 0 aliphatic carbocycles. The molecule has 0 saturated carbocycles. The number of nitrogens with one attached hydrogen (secondary N) is 1. The number of hydrogen-bond acceptors (Lipinski definition) is 4. The van der Waals surface area contributed by atoms with Gasteiger partial charge in [-0.15, -0.1) is 10.2 Å². The second-order valence-electron chi connectivity index (χ2n) is 5.61. The van der Waals surface area contributed by atoms with E-state index in [2.05, 4.69) is 60.6 Å². The molecule has 1 atom stereocenters. The summed E-state index contributed by atoms with van der Waals surface area (Å²) in [5, 5.41) is 20.1. The monoisotopic (exact) mass is 280 g/mol. The van der Waals surface area contributed by atoms with Gasteiger partial charge in [0.2, 0.25) is 0 Å². The van der Waals surface area contributed by atoms with Gasteiger partial charge in [0, 0.05) is 11.5 Å². The van der Waals surface area contributed by atoms with Crippen molar-refractivity contribution < 1.29 is 0 Å². The van der Waals surface area contributed by atoms with Crippen LogP contribution in [0.2, 0.25) is 0 Å². The molecule has 1 aromatic heterocycles. The quantitative estimate of drug-likeness (QED) is 0.910. The van der Waals surface area contributed by atoms with E-state index >= 15 is 0 Å². The van der Waals surface area contributed by atoms with E-state index in [9.17, 15) is 0 Å². The van der Waals surface area contributed by atoms with Crippen LogP contribution in [0.5, 0.6) is 0 Å². The van der Waals surface area contributed by atoms with E-state index in [1.807, 2.05) is 12.1 Å². The number of nitriles is 1. The van der Waals surface area contributed by atoms with Gasteiger partial charge in [-0.1, -0.05) is 51.1 Å². The van der Waals surface area contributed by atoms with Gasteiger partial charge in [-0.05, 0) is 24.1 Å². The van der Waals surface area contributed by atoms with Crippen molar-refractivity contribution in [2.45, 2.75) is 38.6 Å². The van der Waals surface area contributed by atoms with Crippen LogP contribution in [0, 0.1) is 11.3 Å². The average Bonchev–Trinajstić information content (AvgIpc) is 2.53. The lowest BCUT2D eigenvalue weighted by Gasteiger charge is -2.35. The summed E-state index contributed by atoms with van der Waals surface area (Å²) < 4.78 is 0. The molecule has 0 aliphatic rings. The van der Waals surface area contributed by atoms with E-state index in [0.717, 1.165) is 6.42 Å². The van der Waals surface area contributed by atoms with Crippen molar-refractivity contribution in [2.75, 3.05) is 5.32 Å². The molecule has 0 fully saturated rings. The molecule has 1 unspecified atom stereocenters. The Hall–Kier alpha value is -2.41. The van der Waals surface area contributed by atoms with Crippen molar-refractivity contribution in [3.8, 4) is 6.07 Å². The van der Waals surface area contributed by atoms with Crippen molar-refractivity contribution in [3.05, 3.63) is 53.7 Å². The Morgan fingerprint density at radius 2 is 1.86 bits per heavy atom. The zero-order valence-corrected chi connectivity index (χ0v) is 12.7. The van der Waals surface area contributed by atoms with Crippen LogP contribution >= 0.6 is 0 Å². The first-order valence-electron chi connectivity index (χ1n) is 7.13. The molecule has 0 radical (unpaired) electrons. The van der Waals surface area contributed by atoms with Crippen LogP contribution in [0.3, 0.4) is 0 Å². The predicted molar refractivity (Wildman–Crippen MR) is 83.9 cm³/mol. The average molecular weight is 280 g/mol. The Balaban J connectivity index is 2.21. The maximum Gasteiger partial charge on any atom is 0.163 e. The normalized spacial score (nSPS) is 12.5. The first-order valence-corrected chi connectivity index (χ1v) is 7.13. The Morgan fingerprint density at radius 3 is 2.38 bits per heavy atom. The third-order valence-corrected chi connectivity index (χ3v) is 3.90. The van der Waals surface area contributed by atoms with Crippen molar-refractivity contribution in [1.29, 1.82) is 5.26 Å². The maximum atomic E-state index is 8.76. The molecule has 4 nitrogen and oxygen atoms in total. The van der Waals surface area contributed by atoms with Gasteiger partial charge >= 0.3 is 0 Å². The van der Waals surface area contributed by atoms with Gasteiger partial charge in [-0.2, -0.15) is 5.26 Å². The first-order chi connectivity index (χ1) is 10.1. The second-order valence-corrected chi connectivity index (χ2v) is 5.61. The van der Waals surface area contributed by atoms with Crippen molar-refractivity contribution >= 4 is 5.82 Å². The van der Waals surface area contributed by atoms with Crippen molar-refractivity contribution in [1.82, 2.24) is 10.2 Å². The van der Waals surface area contributed by atoms with E-state index in [-0.39, 0.29) is 11.5 Å². The number of benzene rings is 1. The fraction of sp³-hybridized carbons (Fsp3) is 0.353. The van der Waals surface area contributed by atoms with Crippen molar-refractivity contribution in [2.24, 2.45) is 0 Å². The van der Waals surface area contributed by atoms with E-state index in [0.29, 0.717) is 11.5 Å². The maximum absolute atomic E-state index is 8.76. The summed E-state index contributed by atoms with van der Waals surface area (Å²) in [4.78, 5) is 0. The number of rotatable bonds is 5. The molecule has 4 heteroatoms. The molecule has 1 heterocycles. The van der Waals surface area contributed by atoms with Gasteiger partial charge in [-0.25, -0.2) is 0 Å². The first kappa shape index (κ1) is 15.0. The summed E-state index contributed by atoms with van der Waals surface area (Å²) in [6, 6.07) is 16.1. The highest BCUT2D eigenvalue weighted by atomic mass is 15.2. The lowest BCUT2D eigenvalue weighted by atomic mass is 9.76. The van der Waals surface area contributed by atoms with Gasteiger partial charge in [0.25, 0.3) is 0 Å². The Morgan fingerprint density at radius 1 is 1.14 bits per heavy atom. The number of nitrogens with zero attached hydrogens (tertiary/aromatic N) is 3. The summed E-state index contributed by atoms with van der Waals surface area (Å²) in [5.41, 5.74) is 1.58. The Labute approximate surface area is 125 Å². The molecule has 0 aliphatic heterocycles. The largest absolute Gasteiger partial charge is 0.365 e. The third kappa shape index (κ3) is 3.38. The van der Waals surface area contributed by atoms with E-state index in [1.165, 1.54) is 5.56 Å².